The molecule has 0 saturated heterocycles. The first-order valence-electron chi connectivity index (χ1n) is 6.08. The van der Waals surface area contributed by atoms with Gasteiger partial charge >= 0.3 is 0 Å². The minimum absolute atomic E-state index is 0.0245. The van der Waals surface area contributed by atoms with E-state index in [9.17, 15) is 8.42 Å². The van der Waals surface area contributed by atoms with Crippen molar-refractivity contribution >= 4 is 21.6 Å². The molecule has 104 valence electrons. The molecule has 1 aromatic carbocycles. The van der Waals surface area contributed by atoms with Crippen LogP contribution in [0.2, 0.25) is 0 Å². The molecule has 0 aromatic heterocycles. The molecule has 0 radical (unpaired) electrons. The van der Waals surface area contributed by atoms with Crippen molar-refractivity contribution in [1.29, 1.82) is 0 Å². The standard InChI is InChI=1S/C13H13N3O3S/c1-19-11-4-2-10(3-5-11)12-13-15-20(17,18)9-8-16(13)7-6-14-12/h2-7H,8-9H2,1H3. The first-order chi connectivity index (χ1) is 9.59. The number of methoxy groups -OCH3 is 1. The number of hydrogen-bond donors (Lipinski definition) is 0. The van der Waals surface area contributed by atoms with E-state index >= 15 is 0 Å². The third-order valence-corrected chi connectivity index (χ3v) is 4.26. The van der Waals surface area contributed by atoms with Crippen molar-refractivity contribution in [1.82, 2.24) is 4.90 Å². The van der Waals surface area contributed by atoms with Gasteiger partial charge in [0.25, 0.3) is 10.0 Å². The summed E-state index contributed by atoms with van der Waals surface area (Å²) in [7, 11) is -1.81. The summed E-state index contributed by atoms with van der Waals surface area (Å²) in [4.78, 5) is 6.06. The second-order valence-electron chi connectivity index (χ2n) is 4.40. The van der Waals surface area contributed by atoms with Crippen LogP contribution in [0.3, 0.4) is 0 Å². The topological polar surface area (TPSA) is 71.3 Å². The van der Waals surface area contributed by atoms with E-state index in [1.165, 1.54) is 0 Å². The Kier molecular flexibility index (Phi) is 3.06. The highest BCUT2D eigenvalue weighted by Gasteiger charge is 2.28. The Morgan fingerprint density at radius 2 is 2.00 bits per heavy atom. The number of ether oxygens (including phenoxy) is 1. The molecule has 7 heteroatoms. The fourth-order valence-corrected chi connectivity index (χ4v) is 3.05. The Morgan fingerprint density at radius 3 is 2.70 bits per heavy atom. The van der Waals surface area contributed by atoms with Gasteiger partial charge in [-0.1, -0.05) is 0 Å². The van der Waals surface area contributed by atoms with Crippen LogP contribution in [0.5, 0.6) is 5.75 Å². The van der Waals surface area contributed by atoms with Gasteiger partial charge in [0.2, 0.25) is 0 Å². The molecule has 0 fully saturated rings. The molecule has 2 aliphatic rings. The number of nitrogens with zero attached hydrogens (tertiary/aromatic N) is 3. The van der Waals surface area contributed by atoms with Crippen LogP contribution in [-0.4, -0.2) is 44.3 Å². The average molecular weight is 291 g/mol. The van der Waals surface area contributed by atoms with Crippen LogP contribution in [0, 0.1) is 0 Å². The average Bonchev–Trinajstić information content (AvgIpc) is 2.46. The minimum Gasteiger partial charge on any atom is -0.497 e. The van der Waals surface area contributed by atoms with E-state index < -0.39 is 10.0 Å². The fourth-order valence-electron chi connectivity index (χ4n) is 2.07. The molecule has 20 heavy (non-hydrogen) atoms. The van der Waals surface area contributed by atoms with E-state index in [1.54, 1.807) is 36.5 Å². The molecule has 0 spiro atoms. The molecule has 2 heterocycles. The van der Waals surface area contributed by atoms with Gasteiger partial charge in [0.15, 0.2) is 5.84 Å². The van der Waals surface area contributed by atoms with Crippen molar-refractivity contribution in [2.75, 3.05) is 19.4 Å². The Hall–Kier alpha value is -2.15. The van der Waals surface area contributed by atoms with Gasteiger partial charge in [-0.25, -0.2) is 8.42 Å². The van der Waals surface area contributed by atoms with E-state index in [0.29, 0.717) is 18.1 Å². The van der Waals surface area contributed by atoms with Crippen molar-refractivity contribution in [2.24, 2.45) is 9.39 Å². The summed E-state index contributed by atoms with van der Waals surface area (Å²) in [6.45, 7) is 0.396. The molecule has 6 nitrogen and oxygen atoms in total. The van der Waals surface area contributed by atoms with Crippen LogP contribution in [0.4, 0.5) is 0 Å². The zero-order valence-corrected chi connectivity index (χ0v) is 11.7. The van der Waals surface area contributed by atoms with Gasteiger partial charge in [-0.2, -0.15) is 0 Å². The molecule has 0 saturated carbocycles. The van der Waals surface area contributed by atoms with Crippen LogP contribution in [0.25, 0.3) is 0 Å². The highest BCUT2D eigenvalue weighted by atomic mass is 32.2. The molecule has 0 aliphatic carbocycles. The summed E-state index contributed by atoms with van der Waals surface area (Å²) in [5.74, 6) is 1.14. The fraction of sp³-hybridized carbons (Fsp3) is 0.231. The lowest BCUT2D eigenvalue weighted by atomic mass is 10.1. The van der Waals surface area contributed by atoms with Crippen molar-refractivity contribution in [3.63, 3.8) is 0 Å². The van der Waals surface area contributed by atoms with Crippen LogP contribution in [0.15, 0.2) is 46.1 Å². The Morgan fingerprint density at radius 1 is 1.25 bits per heavy atom. The number of benzene rings is 1. The van der Waals surface area contributed by atoms with E-state index in [4.69, 9.17) is 4.74 Å². The maximum Gasteiger partial charge on any atom is 0.256 e. The maximum atomic E-state index is 11.7. The molecule has 2 aliphatic heterocycles. The number of hydrogen-bond acceptors (Lipinski definition) is 5. The van der Waals surface area contributed by atoms with E-state index in [2.05, 4.69) is 9.39 Å². The molecule has 0 amide bonds. The van der Waals surface area contributed by atoms with Gasteiger partial charge in [0.05, 0.1) is 12.9 Å². The van der Waals surface area contributed by atoms with Crippen molar-refractivity contribution in [2.45, 2.75) is 0 Å². The molecule has 3 rings (SSSR count). The van der Waals surface area contributed by atoms with Gasteiger partial charge < -0.3 is 9.64 Å². The van der Waals surface area contributed by atoms with Crippen LogP contribution in [0.1, 0.15) is 5.56 Å². The van der Waals surface area contributed by atoms with Crippen molar-refractivity contribution in [3.8, 4) is 5.75 Å². The first kappa shape index (κ1) is 12.9. The number of sulfonamides is 1. The number of amidine groups is 1. The lowest BCUT2D eigenvalue weighted by molar-refractivity contribution is 0.415. The molecule has 0 N–H and O–H groups in total. The zero-order valence-electron chi connectivity index (χ0n) is 10.9. The highest BCUT2D eigenvalue weighted by Crippen LogP contribution is 2.18. The summed E-state index contributed by atoms with van der Waals surface area (Å²) in [5.41, 5.74) is 1.36. The zero-order chi connectivity index (χ0) is 14.2. The quantitative estimate of drug-likeness (QED) is 0.815. The lowest BCUT2D eigenvalue weighted by Gasteiger charge is -2.28. The summed E-state index contributed by atoms with van der Waals surface area (Å²) >= 11 is 0. The van der Waals surface area contributed by atoms with Crippen LogP contribution >= 0.6 is 0 Å². The smallest absolute Gasteiger partial charge is 0.256 e. The third-order valence-electron chi connectivity index (χ3n) is 3.11. The summed E-state index contributed by atoms with van der Waals surface area (Å²) in [5, 5.41) is 0. The minimum atomic E-state index is -3.40. The molecule has 0 atom stereocenters. The SMILES string of the molecule is COc1ccc(C2=NC=CN3CCS(=O)(=O)N=C23)cc1. The summed E-state index contributed by atoms with van der Waals surface area (Å²) < 4.78 is 32.3. The normalized spacial score (nSPS) is 19.9. The summed E-state index contributed by atoms with van der Waals surface area (Å²) in [6.07, 6.45) is 3.39. The van der Waals surface area contributed by atoms with Gasteiger partial charge in [-0.3, -0.25) is 4.99 Å². The van der Waals surface area contributed by atoms with Crippen LogP contribution in [-0.2, 0) is 10.0 Å². The third kappa shape index (κ3) is 2.32. The highest BCUT2D eigenvalue weighted by molar-refractivity contribution is 7.90. The first-order valence-corrected chi connectivity index (χ1v) is 7.68. The van der Waals surface area contributed by atoms with Gasteiger partial charge in [0, 0.05) is 24.5 Å². The summed E-state index contributed by atoms with van der Waals surface area (Å²) in [6, 6.07) is 7.27. The Bertz CT molecular complexity index is 718. The van der Waals surface area contributed by atoms with E-state index in [0.717, 1.165) is 11.3 Å². The molecule has 1 aromatic rings. The van der Waals surface area contributed by atoms with Crippen LogP contribution < -0.4 is 4.74 Å². The largest absolute Gasteiger partial charge is 0.497 e. The molecular weight excluding hydrogens is 278 g/mol. The Labute approximate surface area is 117 Å². The molecule has 0 bridgehead atoms. The number of rotatable bonds is 2. The van der Waals surface area contributed by atoms with Crippen molar-refractivity contribution < 1.29 is 13.2 Å². The van der Waals surface area contributed by atoms with Gasteiger partial charge in [0.1, 0.15) is 11.5 Å². The van der Waals surface area contributed by atoms with E-state index in [1.807, 2.05) is 12.1 Å². The second-order valence-corrected chi connectivity index (χ2v) is 6.15. The monoisotopic (exact) mass is 291 g/mol. The van der Waals surface area contributed by atoms with E-state index in [-0.39, 0.29) is 5.75 Å². The van der Waals surface area contributed by atoms with Gasteiger partial charge in [-0.15, -0.1) is 4.40 Å². The number of fused-ring (bicyclic) bond motifs is 1. The maximum absolute atomic E-state index is 11.7. The predicted octanol–water partition coefficient (Wildman–Crippen LogP) is 1.01. The number of aliphatic imine (C=N–C) groups is 1. The lowest BCUT2D eigenvalue weighted by Crippen LogP contribution is -2.42. The second kappa shape index (κ2) is 4.75. The molecule has 0 unspecified atom stereocenters. The van der Waals surface area contributed by atoms with Crippen molar-refractivity contribution in [3.05, 3.63) is 42.2 Å². The van der Waals surface area contributed by atoms with Gasteiger partial charge in [-0.05, 0) is 24.3 Å². The predicted molar refractivity (Wildman–Crippen MR) is 76.6 cm³/mol. The molecular formula is C13H13N3O3S. The Balaban J connectivity index is 2.05.